The van der Waals surface area contributed by atoms with Crippen molar-refractivity contribution in [1.29, 1.82) is 0 Å². The number of amides is 1. The number of nitrogens with zero attached hydrogens (tertiary/aromatic N) is 1. The van der Waals surface area contributed by atoms with Crippen molar-refractivity contribution in [2.24, 2.45) is 0 Å². The van der Waals surface area contributed by atoms with Gasteiger partial charge >= 0.3 is 0 Å². The second-order valence-corrected chi connectivity index (χ2v) is 5.36. The van der Waals surface area contributed by atoms with Gasteiger partial charge in [0.05, 0.1) is 5.56 Å². The fourth-order valence-corrected chi connectivity index (χ4v) is 3.12. The van der Waals surface area contributed by atoms with Crippen LogP contribution in [0.4, 0.5) is 5.69 Å². The van der Waals surface area contributed by atoms with Crippen molar-refractivity contribution in [1.82, 2.24) is 0 Å². The molecule has 0 atom stereocenters. The third-order valence-corrected chi connectivity index (χ3v) is 4.12. The van der Waals surface area contributed by atoms with Gasteiger partial charge in [-0.3, -0.25) is 4.79 Å². The molecule has 104 valence electrons. The molecule has 1 aliphatic rings. The van der Waals surface area contributed by atoms with Gasteiger partial charge in [-0.25, -0.2) is 0 Å². The largest absolute Gasteiger partial charge is 0.461 e. The van der Waals surface area contributed by atoms with Crippen molar-refractivity contribution < 1.29 is 9.21 Å². The Morgan fingerprint density at radius 3 is 2.76 bits per heavy atom. The van der Waals surface area contributed by atoms with Crippen molar-refractivity contribution in [2.75, 3.05) is 11.4 Å². The topological polar surface area (TPSA) is 33.5 Å². The zero-order chi connectivity index (χ0) is 14.4. The lowest BCUT2D eigenvalue weighted by Gasteiger charge is -2.17. The highest BCUT2D eigenvalue weighted by Crippen LogP contribution is 2.32. The average Bonchev–Trinajstić information content (AvgIpc) is 3.06. The summed E-state index contributed by atoms with van der Waals surface area (Å²) in [4.78, 5) is 14.8. The van der Waals surface area contributed by atoms with E-state index in [0.717, 1.165) is 29.6 Å². The lowest BCUT2D eigenvalue weighted by Crippen LogP contribution is -2.29. The van der Waals surface area contributed by atoms with Crippen molar-refractivity contribution >= 4 is 22.6 Å². The average molecular weight is 277 g/mol. The van der Waals surface area contributed by atoms with E-state index in [9.17, 15) is 4.79 Å². The monoisotopic (exact) mass is 277 g/mol. The number of carbonyl (C=O) groups is 1. The number of para-hydroxylation sites is 2. The van der Waals surface area contributed by atoms with Gasteiger partial charge in [0.1, 0.15) is 11.3 Å². The Bertz CT molecular complexity index is 847. The van der Waals surface area contributed by atoms with Crippen LogP contribution in [0.15, 0.2) is 52.9 Å². The number of rotatable bonds is 1. The summed E-state index contributed by atoms with van der Waals surface area (Å²) in [5.74, 6) is 0.716. The summed E-state index contributed by atoms with van der Waals surface area (Å²) in [6, 6.07) is 15.8. The van der Waals surface area contributed by atoms with Crippen LogP contribution in [0.3, 0.4) is 0 Å². The molecule has 0 spiro atoms. The summed E-state index contributed by atoms with van der Waals surface area (Å²) in [5.41, 5.74) is 3.71. The molecule has 0 saturated carbocycles. The van der Waals surface area contributed by atoms with E-state index in [2.05, 4.69) is 6.07 Å². The van der Waals surface area contributed by atoms with E-state index in [1.807, 2.05) is 54.3 Å². The van der Waals surface area contributed by atoms with Gasteiger partial charge in [0.25, 0.3) is 5.91 Å². The van der Waals surface area contributed by atoms with E-state index >= 15 is 0 Å². The zero-order valence-electron chi connectivity index (χ0n) is 11.8. The molecule has 0 fully saturated rings. The number of hydrogen-bond acceptors (Lipinski definition) is 2. The minimum absolute atomic E-state index is 0.0300. The number of hydrogen-bond donors (Lipinski definition) is 0. The number of fused-ring (bicyclic) bond motifs is 2. The summed E-state index contributed by atoms with van der Waals surface area (Å²) < 4.78 is 5.72. The molecule has 0 unspecified atom stereocenters. The van der Waals surface area contributed by atoms with E-state index in [1.54, 1.807) is 0 Å². The van der Waals surface area contributed by atoms with Gasteiger partial charge in [-0.05, 0) is 31.0 Å². The first kappa shape index (κ1) is 12.2. The molecule has 0 N–H and O–H groups in total. The van der Waals surface area contributed by atoms with Crippen molar-refractivity contribution in [3.63, 3.8) is 0 Å². The maximum Gasteiger partial charge on any atom is 0.262 e. The molecule has 2 heterocycles. The molecule has 4 rings (SSSR count). The maximum absolute atomic E-state index is 13.0. The zero-order valence-corrected chi connectivity index (χ0v) is 11.8. The fraction of sp³-hybridized carbons (Fsp3) is 0.167. The minimum atomic E-state index is 0.0300. The van der Waals surface area contributed by atoms with Gasteiger partial charge in [-0.2, -0.15) is 0 Å². The van der Waals surface area contributed by atoms with Crippen LogP contribution < -0.4 is 4.90 Å². The normalized spacial score (nSPS) is 13.7. The molecule has 1 aliphatic heterocycles. The predicted molar refractivity (Wildman–Crippen MR) is 82.8 cm³/mol. The minimum Gasteiger partial charge on any atom is -0.461 e. The van der Waals surface area contributed by atoms with Crippen LogP contribution >= 0.6 is 0 Å². The number of furan rings is 1. The maximum atomic E-state index is 13.0. The molecule has 3 nitrogen and oxygen atoms in total. The van der Waals surface area contributed by atoms with Crippen LogP contribution in [0, 0.1) is 6.92 Å². The van der Waals surface area contributed by atoms with E-state index in [4.69, 9.17) is 4.42 Å². The van der Waals surface area contributed by atoms with Crippen molar-refractivity contribution in [3.05, 3.63) is 65.4 Å². The van der Waals surface area contributed by atoms with Crippen LogP contribution in [0.25, 0.3) is 11.0 Å². The number of anilines is 1. The smallest absolute Gasteiger partial charge is 0.262 e. The molecule has 0 aliphatic carbocycles. The molecule has 3 aromatic rings. The highest BCUT2D eigenvalue weighted by atomic mass is 16.3. The van der Waals surface area contributed by atoms with E-state index in [0.29, 0.717) is 11.3 Å². The van der Waals surface area contributed by atoms with Gasteiger partial charge in [0, 0.05) is 17.6 Å². The molecule has 1 aromatic heterocycles. The fourth-order valence-electron chi connectivity index (χ4n) is 3.12. The van der Waals surface area contributed by atoms with E-state index in [-0.39, 0.29) is 5.91 Å². The highest BCUT2D eigenvalue weighted by Gasteiger charge is 2.28. The first-order chi connectivity index (χ1) is 10.3. The molecule has 0 bridgehead atoms. The van der Waals surface area contributed by atoms with Crippen molar-refractivity contribution in [2.45, 2.75) is 13.3 Å². The SMILES string of the molecule is Cc1oc2ccccc2c1C(=O)N1CCc2ccccc21. The van der Waals surface area contributed by atoms with Gasteiger partial charge in [0.15, 0.2) is 0 Å². The second-order valence-electron chi connectivity index (χ2n) is 5.36. The first-order valence-corrected chi connectivity index (χ1v) is 7.13. The molecule has 1 amide bonds. The molecule has 2 aromatic carbocycles. The van der Waals surface area contributed by atoms with Crippen LogP contribution in [0.1, 0.15) is 21.7 Å². The number of aryl methyl sites for hydroxylation is 1. The number of benzene rings is 2. The molecular formula is C18H15NO2. The van der Waals surface area contributed by atoms with Crippen molar-refractivity contribution in [3.8, 4) is 0 Å². The molecule has 3 heteroatoms. The Labute approximate surface area is 122 Å². The Morgan fingerprint density at radius 1 is 1.10 bits per heavy atom. The third-order valence-electron chi connectivity index (χ3n) is 4.12. The summed E-state index contributed by atoms with van der Waals surface area (Å²) in [7, 11) is 0. The van der Waals surface area contributed by atoms with Crippen LogP contribution in [-0.2, 0) is 6.42 Å². The highest BCUT2D eigenvalue weighted by molar-refractivity contribution is 6.15. The van der Waals surface area contributed by atoms with E-state index in [1.165, 1.54) is 5.56 Å². The Hall–Kier alpha value is -2.55. The summed E-state index contributed by atoms with van der Waals surface area (Å²) in [6.45, 7) is 2.59. The van der Waals surface area contributed by atoms with Gasteiger partial charge in [-0.1, -0.05) is 36.4 Å². The van der Waals surface area contributed by atoms with Crippen LogP contribution in [-0.4, -0.2) is 12.5 Å². The summed E-state index contributed by atoms with van der Waals surface area (Å²) in [5, 5.41) is 0.893. The van der Waals surface area contributed by atoms with Crippen LogP contribution in [0.2, 0.25) is 0 Å². The summed E-state index contributed by atoms with van der Waals surface area (Å²) >= 11 is 0. The standard InChI is InChI=1S/C18H15NO2/c1-12-17(14-7-3-5-9-16(14)21-12)18(20)19-11-10-13-6-2-4-8-15(13)19/h2-9H,10-11H2,1H3. The predicted octanol–water partition coefficient (Wildman–Crippen LogP) is 3.94. The third kappa shape index (κ3) is 1.77. The quantitative estimate of drug-likeness (QED) is 0.675. The second kappa shape index (κ2) is 4.48. The Morgan fingerprint density at radius 2 is 1.86 bits per heavy atom. The van der Waals surface area contributed by atoms with Gasteiger partial charge in [-0.15, -0.1) is 0 Å². The van der Waals surface area contributed by atoms with E-state index < -0.39 is 0 Å². The Kier molecular flexibility index (Phi) is 2.61. The van der Waals surface area contributed by atoms with Gasteiger partial charge < -0.3 is 9.32 Å². The molecular weight excluding hydrogens is 262 g/mol. The molecule has 0 radical (unpaired) electrons. The lowest BCUT2D eigenvalue weighted by molar-refractivity contribution is 0.0989. The van der Waals surface area contributed by atoms with Gasteiger partial charge in [0.2, 0.25) is 0 Å². The lowest BCUT2D eigenvalue weighted by atomic mass is 10.1. The molecule has 0 saturated heterocycles. The Balaban J connectivity index is 1.83. The van der Waals surface area contributed by atoms with Crippen LogP contribution in [0.5, 0.6) is 0 Å². The first-order valence-electron chi connectivity index (χ1n) is 7.13. The molecule has 21 heavy (non-hydrogen) atoms. The summed E-state index contributed by atoms with van der Waals surface area (Å²) in [6.07, 6.45) is 0.913. The number of carbonyl (C=O) groups excluding carboxylic acids is 1.